The van der Waals surface area contributed by atoms with Crippen LogP contribution in [0.4, 0.5) is 0 Å². The van der Waals surface area contributed by atoms with Crippen molar-refractivity contribution < 1.29 is 9.59 Å². The van der Waals surface area contributed by atoms with Gasteiger partial charge in [-0.1, -0.05) is 13.8 Å². The first kappa shape index (κ1) is 19.8. The van der Waals surface area contributed by atoms with Gasteiger partial charge in [-0.15, -0.1) is 0 Å². The average molecular weight is 395 g/mol. The molecular weight excluding hydrogens is 364 g/mol. The van der Waals surface area contributed by atoms with Crippen LogP contribution in [0.5, 0.6) is 0 Å². The van der Waals surface area contributed by atoms with E-state index < -0.39 is 0 Å². The predicted octanol–water partition coefficient (Wildman–Crippen LogP) is 3.47. The molecule has 0 aliphatic heterocycles. The van der Waals surface area contributed by atoms with Crippen LogP contribution in [0.25, 0.3) is 10.9 Å². The van der Waals surface area contributed by atoms with Crippen LogP contribution in [0.1, 0.15) is 62.9 Å². The third-order valence-corrected chi connectivity index (χ3v) is 6.42. The van der Waals surface area contributed by atoms with E-state index in [2.05, 4.69) is 34.4 Å². The minimum absolute atomic E-state index is 0.140. The molecule has 2 aromatic heterocycles. The number of hydrogen-bond donors (Lipinski definition) is 2. The topological polar surface area (TPSA) is 84.0 Å². The zero-order valence-electron chi connectivity index (χ0n) is 17.3. The number of pyridine rings is 2. The maximum absolute atomic E-state index is 12.4. The normalized spacial score (nSPS) is 23.5. The van der Waals surface area contributed by atoms with E-state index in [1.165, 1.54) is 0 Å². The second-order valence-corrected chi connectivity index (χ2v) is 9.46. The zero-order valence-corrected chi connectivity index (χ0v) is 17.3. The molecule has 2 heterocycles. The molecule has 4 rings (SSSR count). The quantitative estimate of drug-likeness (QED) is 0.786. The molecule has 2 aliphatic carbocycles. The van der Waals surface area contributed by atoms with Crippen LogP contribution in [0.15, 0.2) is 30.6 Å². The molecule has 2 saturated carbocycles. The Hall–Kier alpha value is -2.50. The van der Waals surface area contributed by atoms with Crippen LogP contribution in [0, 0.1) is 17.3 Å². The van der Waals surface area contributed by atoms with Crippen LogP contribution in [0.2, 0.25) is 0 Å². The molecule has 154 valence electrons. The first-order chi connectivity index (χ1) is 13.9. The molecule has 2 aliphatic rings. The van der Waals surface area contributed by atoms with Gasteiger partial charge in [0.15, 0.2) is 0 Å². The second kappa shape index (κ2) is 8.09. The number of amides is 2. The van der Waals surface area contributed by atoms with E-state index in [1.807, 2.05) is 12.1 Å². The summed E-state index contributed by atoms with van der Waals surface area (Å²) in [4.78, 5) is 33.2. The van der Waals surface area contributed by atoms with Gasteiger partial charge in [0.1, 0.15) is 5.69 Å². The van der Waals surface area contributed by atoms with Gasteiger partial charge in [0, 0.05) is 36.3 Å². The summed E-state index contributed by atoms with van der Waals surface area (Å²) in [6.45, 7) is 5.08. The lowest BCUT2D eigenvalue weighted by Gasteiger charge is -2.41. The van der Waals surface area contributed by atoms with E-state index in [0.29, 0.717) is 29.6 Å². The number of hydrogen-bond acceptors (Lipinski definition) is 4. The fraction of sp³-hybridized carbons (Fsp3) is 0.565. The Kier molecular flexibility index (Phi) is 5.52. The van der Waals surface area contributed by atoms with E-state index in [1.54, 1.807) is 18.5 Å². The Morgan fingerprint density at radius 2 is 2.00 bits per heavy atom. The maximum atomic E-state index is 12.4. The number of aromatic nitrogens is 2. The molecule has 0 radical (unpaired) electrons. The van der Waals surface area contributed by atoms with Crippen molar-refractivity contribution in [2.24, 2.45) is 17.3 Å². The Bertz CT molecular complexity index is 903. The number of carbonyl (C=O) groups excluding carboxylic acids is 2. The molecule has 29 heavy (non-hydrogen) atoms. The SMILES string of the molecule is CC1(C)CC(C(=O)NC2CCC(CCNC(=O)c3ccc4cnccc4n3)C2)C1. The van der Waals surface area contributed by atoms with E-state index in [9.17, 15) is 9.59 Å². The van der Waals surface area contributed by atoms with E-state index >= 15 is 0 Å². The van der Waals surface area contributed by atoms with Gasteiger partial charge in [0.2, 0.25) is 5.91 Å². The summed E-state index contributed by atoms with van der Waals surface area (Å²) < 4.78 is 0. The first-order valence-corrected chi connectivity index (χ1v) is 10.7. The van der Waals surface area contributed by atoms with Crippen molar-refractivity contribution in [2.75, 3.05) is 6.54 Å². The van der Waals surface area contributed by atoms with Gasteiger partial charge >= 0.3 is 0 Å². The molecule has 0 saturated heterocycles. The molecule has 2 aromatic rings. The van der Waals surface area contributed by atoms with E-state index in [-0.39, 0.29) is 17.7 Å². The third-order valence-electron chi connectivity index (χ3n) is 6.42. The number of nitrogens with zero attached hydrogens (tertiary/aromatic N) is 2. The average Bonchev–Trinajstić information content (AvgIpc) is 3.12. The fourth-order valence-electron chi connectivity index (χ4n) is 4.82. The largest absolute Gasteiger partial charge is 0.353 e. The van der Waals surface area contributed by atoms with Gasteiger partial charge < -0.3 is 10.6 Å². The summed E-state index contributed by atoms with van der Waals surface area (Å²) in [6.07, 6.45) is 9.52. The van der Waals surface area contributed by atoms with Crippen molar-refractivity contribution in [1.29, 1.82) is 0 Å². The van der Waals surface area contributed by atoms with Gasteiger partial charge in [-0.05, 0) is 68.1 Å². The van der Waals surface area contributed by atoms with Crippen LogP contribution >= 0.6 is 0 Å². The zero-order chi connectivity index (χ0) is 20.4. The van der Waals surface area contributed by atoms with Crippen LogP contribution in [0.3, 0.4) is 0 Å². The Balaban J connectivity index is 1.19. The number of fused-ring (bicyclic) bond motifs is 1. The lowest BCUT2D eigenvalue weighted by molar-refractivity contribution is -0.132. The van der Waals surface area contributed by atoms with Crippen molar-refractivity contribution in [3.8, 4) is 0 Å². The standard InChI is InChI=1S/C23H30N4O2/c1-23(2)12-17(13-23)21(28)26-18-5-3-15(11-18)7-10-25-22(29)20-6-4-16-14-24-9-8-19(16)27-20/h4,6,8-9,14-15,17-18H,3,5,7,10-13H2,1-2H3,(H,25,29)(H,26,28). The molecule has 2 atom stereocenters. The second-order valence-electron chi connectivity index (χ2n) is 9.46. The van der Waals surface area contributed by atoms with E-state index in [0.717, 1.165) is 49.4 Å². The fourth-order valence-corrected chi connectivity index (χ4v) is 4.82. The minimum Gasteiger partial charge on any atom is -0.353 e. The number of nitrogens with one attached hydrogen (secondary N) is 2. The van der Waals surface area contributed by atoms with Crippen molar-refractivity contribution in [1.82, 2.24) is 20.6 Å². The van der Waals surface area contributed by atoms with Gasteiger partial charge in [-0.25, -0.2) is 4.98 Å². The maximum Gasteiger partial charge on any atom is 0.269 e. The molecule has 2 N–H and O–H groups in total. The summed E-state index contributed by atoms with van der Waals surface area (Å²) in [7, 11) is 0. The highest BCUT2D eigenvalue weighted by Gasteiger charge is 2.41. The van der Waals surface area contributed by atoms with Crippen molar-refractivity contribution >= 4 is 22.7 Å². The highest BCUT2D eigenvalue weighted by atomic mass is 16.2. The molecule has 6 heteroatoms. The highest BCUT2D eigenvalue weighted by molar-refractivity contribution is 5.94. The number of carbonyl (C=O) groups is 2. The van der Waals surface area contributed by atoms with Crippen molar-refractivity contribution in [2.45, 2.75) is 58.4 Å². The third kappa shape index (κ3) is 4.74. The first-order valence-electron chi connectivity index (χ1n) is 10.7. The van der Waals surface area contributed by atoms with E-state index in [4.69, 9.17) is 0 Å². The monoisotopic (exact) mass is 394 g/mol. The minimum atomic E-state index is -0.140. The molecule has 6 nitrogen and oxygen atoms in total. The Morgan fingerprint density at radius 3 is 2.79 bits per heavy atom. The van der Waals surface area contributed by atoms with Crippen LogP contribution in [-0.2, 0) is 4.79 Å². The lowest BCUT2D eigenvalue weighted by Crippen LogP contribution is -2.45. The van der Waals surface area contributed by atoms with Crippen LogP contribution in [-0.4, -0.2) is 34.4 Å². The highest BCUT2D eigenvalue weighted by Crippen LogP contribution is 2.45. The molecule has 2 fully saturated rings. The Labute approximate surface area is 171 Å². The van der Waals surface area contributed by atoms with Crippen LogP contribution < -0.4 is 10.6 Å². The summed E-state index contributed by atoms with van der Waals surface area (Å²) in [5.41, 5.74) is 1.54. The summed E-state index contributed by atoms with van der Waals surface area (Å²) in [5.74, 6) is 0.850. The predicted molar refractivity (Wildman–Crippen MR) is 112 cm³/mol. The molecule has 0 bridgehead atoms. The molecule has 2 unspecified atom stereocenters. The lowest BCUT2D eigenvalue weighted by atomic mass is 9.64. The molecule has 2 amide bonds. The summed E-state index contributed by atoms with van der Waals surface area (Å²) >= 11 is 0. The smallest absolute Gasteiger partial charge is 0.269 e. The van der Waals surface area contributed by atoms with Gasteiger partial charge in [0.05, 0.1) is 5.52 Å². The molecular formula is C23H30N4O2. The van der Waals surface area contributed by atoms with Gasteiger partial charge in [0.25, 0.3) is 5.91 Å². The molecule has 0 aromatic carbocycles. The van der Waals surface area contributed by atoms with Gasteiger partial charge in [-0.3, -0.25) is 14.6 Å². The van der Waals surface area contributed by atoms with Crippen molar-refractivity contribution in [3.63, 3.8) is 0 Å². The Morgan fingerprint density at radius 1 is 1.17 bits per heavy atom. The summed E-state index contributed by atoms with van der Waals surface area (Å²) in [6, 6.07) is 5.71. The molecule has 0 spiro atoms. The number of rotatable bonds is 6. The summed E-state index contributed by atoms with van der Waals surface area (Å²) in [5, 5.41) is 7.16. The van der Waals surface area contributed by atoms with Gasteiger partial charge in [-0.2, -0.15) is 0 Å². The van der Waals surface area contributed by atoms with Crippen molar-refractivity contribution in [3.05, 3.63) is 36.3 Å².